The lowest BCUT2D eigenvalue weighted by atomic mass is 9.80. The van der Waals surface area contributed by atoms with Gasteiger partial charge in [0.15, 0.2) is 0 Å². The lowest BCUT2D eigenvalue weighted by molar-refractivity contribution is -0.394. The first-order valence-corrected chi connectivity index (χ1v) is 15.8. The highest BCUT2D eigenvalue weighted by molar-refractivity contribution is 5.91. The molecule has 0 saturated carbocycles. The first kappa shape index (κ1) is 35.7. The second-order valence-electron chi connectivity index (χ2n) is 12.2. The average Bonchev–Trinajstić information content (AvgIpc) is 3.36. The Balaban J connectivity index is 1.59. The van der Waals surface area contributed by atoms with Gasteiger partial charge < -0.3 is 14.2 Å². The fraction of sp³-hybridized carbons (Fsp3) is 0.351. The molecule has 11 heteroatoms. The number of nitro benzene ring substituents is 2. The third kappa shape index (κ3) is 9.01. The van der Waals surface area contributed by atoms with Gasteiger partial charge in [-0.1, -0.05) is 81.1 Å². The molecule has 1 heterocycles. The van der Waals surface area contributed by atoms with Gasteiger partial charge in [0.2, 0.25) is 0 Å². The maximum absolute atomic E-state index is 13.4. The molecule has 0 N–H and O–H groups in total. The molecule has 48 heavy (non-hydrogen) atoms. The van der Waals surface area contributed by atoms with Crippen molar-refractivity contribution in [3.05, 3.63) is 140 Å². The minimum absolute atomic E-state index is 0.0218. The molecule has 3 aromatic carbocycles. The van der Waals surface area contributed by atoms with E-state index in [2.05, 4.69) is 20.1 Å². The largest absolute Gasteiger partial charge is 0.459 e. The van der Waals surface area contributed by atoms with Gasteiger partial charge in [-0.05, 0) is 54.9 Å². The van der Waals surface area contributed by atoms with Gasteiger partial charge in [0.05, 0.1) is 39.2 Å². The fourth-order valence-electron chi connectivity index (χ4n) is 5.99. The lowest BCUT2D eigenvalue weighted by Gasteiger charge is -2.27. The highest BCUT2D eigenvalue weighted by atomic mass is 16.6. The zero-order chi connectivity index (χ0) is 35.0. The molecule has 0 amide bonds. The molecule has 0 unspecified atom stereocenters. The Morgan fingerprint density at radius 3 is 1.94 bits per heavy atom. The van der Waals surface area contributed by atoms with Crippen molar-refractivity contribution >= 4 is 23.3 Å². The van der Waals surface area contributed by atoms with Crippen LogP contribution in [0.3, 0.4) is 0 Å². The summed E-state index contributed by atoms with van der Waals surface area (Å²) in [7, 11) is 0. The van der Waals surface area contributed by atoms with Crippen LogP contribution in [0.5, 0.6) is 0 Å². The van der Waals surface area contributed by atoms with E-state index in [4.69, 9.17) is 14.2 Å². The van der Waals surface area contributed by atoms with Gasteiger partial charge in [0, 0.05) is 25.0 Å². The van der Waals surface area contributed by atoms with Crippen molar-refractivity contribution < 1.29 is 33.6 Å². The minimum Gasteiger partial charge on any atom is -0.459 e. The molecule has 1 aliphatic rings. The van der Waals surface area contributed by atoms with E-state index >= 15 is 0 Å². The molecular weight excluding hydrogens is 616 g/mol. The number of rotatable bonds is 15. The van der Waals surface area contributed by atoms with Crippen molar-refractivity contribution in [3.63, 3.8) is 0 Å². The van der Waals surface area contributed by atoms with Gasteiger partial charge in [-0.25, -0.2) is 9.59 Å². The Morgan fingerprint density at radius 1 is 0.833 bits per heavy atom. The van der Waals surface area contributed by atoms with E-state index in [1.165, 1.54) is 0 Å². The van der Waals surface area contributed by atoms with Crippen molar-refractivity contribution in [2.45, 2.75) is 70.9 Å². The van der Waals surface area contributed by atoms with Crippen LogP contribution in [0.4, 0.5) is 11.4 Å². The Kier molecular flexibility index (Phi) is 12.0. The number of hydrogen-bond donors (Lipinski definition) is 0. The molecule has 3 aromatic rings. The summed E-state index contributed by atoms with van der Waals surface area (Å²) >= 11 is 0. The number of hydrogen-bond acceptors (Lipinski definition) is 9. The average molecular weight is 657 g/mol. The molecule has 1 saturated heterocycles. The molecule has 11 nitrogen and oxygen atoms in total. The molecule has 4 rings (SSSR count). The monoisotopic (exact) mass is 656 g/mol. The summed E-state index contributed by atoms with van der Waals surface area (Å²) in [4.78, 5) is 47.5. The number of carbonyl (C=O) groups excluding carboxylic acids is 2. The fourth-order valence-corrected chi connectivity index (χ4v) is 5.99. The first-order valence-electron chi connectivity index (χ1n) is 15.8. The van der Waals surface area contributed by atoms with Crippen LogP contribution in [0.15, 0.2) is 103 Å². The van der Waals surface area contributed by atoms with Gasteiger partial charge in [-0.3, -0.25) is 20.2 Å². The van der Waals surface area contributed by atoms with Gasteiger partial charge in [-0.2, -0.15) is 0 Å². The van der Waals surface area contributed by atoms with E-state index in [-0.39, 0.29) is 29.9 Å². The van der Waals surface area contributed by atoms with Crippen LogP contribution in [0.1, 0.15) is 66.3 Å². The second kappa shape index (κ2) is 16.1. The number of nitrogens with zero attached hydrogens (tertiary/aromatic N) is 2. The highest BCUT2D eigenvalue weighted by Gasteiger charge is 2.44. The predicted molar refractivity (Wildman–Crippen MR) is 180 cm³/mol. The Labute approximate surface area is 279 Å². The third-order valence-electron chi connectivity index (χ3n) is 8.83. The zero-order valence-corrected chi connectivity index (χ0v) is 27.3. The van der Waals surface area contributed by atoms with Crippen molar-refractivity contribution in [2.24, 2.45) is 11.8 Å². The predicted octanol–water partition coefficient (Wildman–Crippen LogP) is 7.84. The third-order valence-corrected chi connectivity index (χ3v) is 8.83. The number of benzene rings is 3. The zero-order valence-electron chi connectivity index (χ0n) is 27.3. The van der Waals surface area contributed by atoms with Crippen molar-refractivity contribution in [1.29, 1.82) is 0 Å². The summed E-state index contributed by atoms with van der Waals surface area (Å²) in [5.74, 6) is -1.39. The SMILES string of the molecule is C=C(C)C(=C)[C@@H](C[C@@H]1O[C@H](C[C@@H](CC)OC(=O)c2ccccc2)[C@H](C)[C@H]1Cc1ccccc1)OC(=O)c1cc([N+](=O)[O-])cc([N+](=O)[O-])c1. The van der Waals surface area contributed by atoms with Gasteiger partial charge in [0.25, 0.3) is 11.4 Å². The van der Waals surface area contributed by atoms with E-state index in [1.807, 2.05) is 43.3 Å². The van der Waals surface area contributed by atoms with Crippen LogP contribution >= 0.6 is 0 Å². The standard InChI is InChI=1S/C37H40N2O9/c1-6-31(46-36(40)27-15-11-8-12-16-27)21-33-25(5)32(17-26-13-9-7-10-14-26)35(47-33)22-34(24(4)23(2)3)48-37(41)28-18-29(38(42)43)20-30(19-28)39(44)45/h7-16,18-20,25,31-35H,2,4,6,17,21-22H2,1,3,5H3/t25-,31-,32-,33-,34-,35+/m1/s1. The summed E-state index contributed by atoms with van der Waals surface area (Å²) < 4.78 is 18.4. The van der Waals surface area contributed by atoms with E-state index in [1.54, 1.807) is 31.2 Å². The Bertz CT molecular complexity index is 1630. The molecule has 0 spiro atoms. The summed E-state index contributed by atoms with van der Waals surface area (Å²) in [5.41, 5.74) is 0.993. The number of non-ortho nitro benzene ring substituents is 2. The Morgan fingerprint density at radius 2 is 1.40 bits per heavy atom. The highest BCUT2D eigenvalue weighted by Crippen LogP contribution is 2.41. The maximum atomic E-state index is 13.4. The van der Waals surface area contributed by atoms with Gasteiger partial charge in [-0.15, -0.1) is 0 Å². The molecule has 0 bridgehead atoms. The van der Waals surface area contributed by atoms with E-state index in [9.17, 15) is 29.8 Å². The molecular formula is C37H40N2O9. The van der Waals surface area contributed by atoms with E-state index in [0.29, 0.717) is 36.0 Å². The molecule has 6 atom stereocenters. The summed E-state index contributed by atoms with van der Waals surface area (Å²) in [6.07, 6.45) is -0.158. The number of esters is 2. The van der Waals surface area contributed by atoms with Crippen LogP contribution in [0.25, 0.3) is 0 Å². The maximum Gasteiger partial charge on any atom is 0.339 e. The Hall–Kier alpha value is -5.16. The lowest BCUT2D eigenvalue weighted by Crippen LogP contribution is -2.30. The van der Waals surface area contributed by atoms with E-state index < -0.39 is 51.5 Å². The quantitative estimate of drug-likeness (QED) is 0.0690. The number of ether oxygens (including phenoxy) is 3. The van der Waals surface area contributed by atoms with Crippen molar-refractivity contribution in [2.75, 3.05) is 0 Å². The summed E-state index contributed by atoms with van der Waals surface area (Å²) in [5, 5.41) is 22.9. The van der Waals surface area contributed by atoms with Gasteiger partial charge in [0.1, 0.15) is 12.2 Å². The minimum atomic E-state index is -0.977. The first-order chi connectivity index (χ1) is 22.9. The summed E-state index contributed by atoms with van der Waals surface area (Å²) in [6, 6.07) is 21.4. The van der Waals surface area contributed by atoms with Crippen molar-refractivity contribution in [3.8, 4) is 0 Å². The molecule has 0 aliphatic carbocycles. The van der Waals surface area contributed by atoms with Crippen LogP contribution in [0, 0.1) is 32.1 Å². The topological polar surface area (TPSA) is 148 Å². The molecule has 0 radical (unpaired) electrons. The smallest absolute Gasteiger partial charge is 0.339 e. The summed E-state index contributed by atoms with van der Waals surface area (Å²) in [6.45, 7) is 13.8. The van der Waals surface area contributed by atoms with Crippen LogP contribution in [-0.4, -0.2) is 46.2 Å². The normalized spacial score (nSPS) is 19.9. The van der Waals surface area contributed by atoms with Crippen LogP contribution in [-0.2, 0) is 20.6 Å². The second-order valence-corrected chi connectivity index (χ2v) is 12.2. The van der Waals surface area contributed by atoms with Crippen LogP contribution < -0.4 is 0 Å². The molecule has 1 aliphatic heterocycles. The number of nitro groups is 2. The van der Waals surface area contributed by atoms with Crippen LogP contribution in [0.2, 0.25) is 0 Å². The number of carbonyl (C=O) groups is 2. The molecule has 252 valence electrons. The van der Waals surface area contributed by atoms with Crippen molar-refractivity contribution in [1.82, 2.24) is 0 Å². The van der Waals surface area contributed by atoms with E-state index in [0.717, 1.165) is 23.8 Å². The molecule has 1 fully saturated rings. The van der Waals surface area contributed by atoms with Gasteiger partial charge >= 0.3 is 11.9 Å². The molecule has 0 aromatic heterocycles.